The van der Waals surface area contributed by atoms with Crippen molar-refractivity contribution < 1.29 is 14.3 Å². The Morgan fingerprint density at radius 3 is 3.17 bits per heavy atom. The van der Waals surface area contributed by atoms with Crippen molar-refractivity contribution in [3.8, 4) is 0 Å². The summed E-state index contributed by atoms with van der Waals surface area (Å²) in [5.74, 6) is -0.114. The summed E-state index contributed by atoms with van der Waals surface area (Å²) in [6.07, 6.45) is 6.16. The van der Waals surface area contributed by atoms with Crippen molar-refractivity contribution in [1.82, 2.24) is 20.4 Å². The fourth-order valence-corrected chi connectivity index (χ4v) is 2.98. The maximum atomic E-state index is 12.1. The molecule has 1 aromatic rings. The van der Waals surface area contributed by atoms with E-state index >= 15 is 0 Å². The molecule has 2 aliphatic heterocycles. The molecule has 136 valence electrons. The number of piperidine rings is 1. The van der Waals surface area contributed by atoms with Gasteiger partial charge in [0.05, 0.1) is 18.8 Å². The molecule has 0 radical (unpaired) electrons. The Morgan fingerprint density at radius 1 is 1.50 bits per heavy atom. The van der Waals surface area contributed by atoms with E-state index in [0.29, 0.717) is 31.5 Å². The Labute approximate surface area is 148 Å². The van der Waals surface area contributed by atoms with Gasteiger partial charge in [-0.25, -0.2) is 0 Å². The fourth-order valence-electron chi connectivity index (χ4n) is 2.98. The van der Waals surface area contributed by atoms with E-state index in [9.17, 15) is 4.79 Å². The maximum absolute atomic E-state index is 12.1. The fraction of sp³-hybridized carbons (Fsp3) is 0.750. The first-order chi connectivity index (χ1) is 11.3. The van der Waals surface area contributed by atoms with Crippen LogP contribution in [0.4, 0.5) is 0 Å². The highest BCUT2D eigenvalue weighted by molar-refractivity contribution is 5.92. The molecule has 2 fully saturated rings. The van der Waals surface area contributed by atoms with E-state index in [2.05, 4.69) is 15.7 Å². The Morgan fingerprint density at radius 2 is 2.42 bits per heavy atom. The van der Waals surface area contributed by atoms with Crippen LogP contribution in [0.25, 0.3) is 0 Å². The number of carbonyl (C=O) groups excluding carboxylic acids is 1. The summed E-state index contributed by atoms with van der Waals surface area (Å²) < 4.78 is 12.8. The Balaban J connectivity index is 0.00000208. The molecule has 2 atom stereocenters. The summed E-state index contributed by atoms with van der Waals surface area (Å²) in [5, 5.41) is 10.7. The number of hydrogen-bond donors (Lipinski definition) is 2. The van der Waals surface area contributed by atoms with Gasteiger partial charge in [-0.2, -0.15) is 5.10 Å². The molecular formula is C16H27ClN4O3. The van der Waals surface area contributed by atoms with Crippen molar-refractivity contribution >= 4 is 18.3 Å². The molecular weight excluding hydrogens is 332 g/mol. The van der Waals surface area contributed by atoms with Crippen LogP contribution >= 0.6 is 12.4 Å². The second kappa shape index (κ2) is 9.98. The number of carbonyl (C=O) groups is 1. The summed E-state index contributed by atoms with van der Waals surface area (Å²) in [7, 11) is 0. The quantitative estimate of drug-likeness (QED) is 0.715. The summed E-state index contributed by atoms with van der Waals surface area (Å²) in [5.41, 5.74) is 0.487. The van der Waals surface area contributed by atoms with E-state index in [4.69, 9.17) is 9.47 Å². The molecule has 0 saturated carbocycles. The van der Waals surface area contributed by atoms with Crippen LogP contribution in [-0.2, 0) is 9.47 Å². The van der Waals surface area contributed by atoms with E-state index in [1.807, 2.05) is 10.9 Å². The molecule has 24 heavy (non-hydrogen) atoms. The topological polar surface area (TPSA) is 77.4 Å². The number of halogens is 1. The minimum Gasteiger partial charge on any atom is -0.379 e. The van der Waals surface area contributed by atoms with Gasteiger partial charge >= 0.3 is 0 Å². The normalized spacial score (nSPS) is 23.7. The van der Waals surface area contributed by atoms with Crippen molar-refractivity contribution in [3.63, 3.8) is 0 Å². The van der Waals surface area contributed by atoms with Crippen LogP contribution in [0.2, 0.25) is 0 Å². The van der Waals surface area contributed by atoms with Gasteiger partial charge in [-0.05, 0) is 38.3 Å². The Hall–Kier alpha value is -1.15. The summed E-state index contributed by atoms with van der Waals surface area (Å²) in [6.45, 7) is 4.73. The van der Waals surface area contributed by atoms with Crippen LogP contribution in [0.15, 0.2) is 12.3 Å². The summed E-state index contributed by atoms with van der Waals surface area (Å²) >= 11 is 0. The van der Waals surface area contributed by atoms with Gasteiger partial charge in [-0.15, -0.1) is 12.4 Å². The maximum Gasteiger partial charge on any atom is 0.271 e. The first kappa shape index (κ1) is 19.2. The minimum absolute atomic E-state index is 0. The zero-order valence-corrected chi connectivity index (χ0v) is 14.7. The number of rotatable bonds is 7. The van der Waals surface area contributed by atoms with Gasteiger partial charge in [0.15, 0.2) is 0 Å². The van der Waals surface area contributed by atoms with Crippen molar-refractivity contribution in [2.24, 2.45) is 0 Å². The summed E-state index contributed by atoms with van der Waals surface area (Å²) in [4.78, 5) is 12.1. The monoisotopic (exact) mass is 358 g/mol. The van der Waals surface area contributed by atoms with Crippen LogP contribution in [-0.4, -0.2) is 61.2 Å². The molecule has 2 aliphatic rings. The van der Waals surface area contributed by atoms with Crippen LogP contribution in [0.3, 0.4) is 0 Å². The highest BCUT2D eigenvalue weighted by Gasteiger charge is 2.18. The van der Waals surface area contributed by atoms with Gasteiger partial charge in [-0.3, -0.25) is 9.48 Å². The molecule has 8 heteroatoms. The van der Waals surface area contributed by atoms with Gasteiger partial charge in [0.2, 0.25) is 0 Å². The van der Waals surface area contributed by atoms with Crippen LogP contribution in [0, 0.1) is 0 Å². The lowest BCUT2D eigenvalue weighted by Gasteiger charge is -2.22. The van der Waals surface area contributed by atoms with Crippen molar-refractivity contribution in [2.75, 3.05) is 39.5 Å². The number of ether oxygens (including phenoxy) is 2. The van der Waals surface area contributed by atoms with E-state index in [1.54, 1.807) is 6.07 Å². The van der Waals surface area contributed by atoms with Gasteiger partial charge in [-0.1, -0.05) is 0 Å². The number of aromatic nitrogens is 2. The van der Waals surface area contributed by atoms with Gasteiger partial charge in [0, 0.05) is 32.5 Å². The molecule has 1 aromatic heterocycles. The van der Waals surface area contributed by atoms with Crippen LogP contribution in [0.5, 0.6) is 0 Å². The molecule has 0 spiro atoms. The third kappa shape index (κ3) is 5.44. The molecule has 7 nitrogen and oxygen atoms in total. The molecule has 2 unspecified atom stereocenters. The smallest absolute Gasteiger partial charge is 0.271 e. The van der Waals surface area contributed by atoms with Crippen molar-refractivity contribution in [1.29, 1.82) is 0 Å². The largest absolute Gasteiger partial charge is 0.379 e. The van der Waals surface area contributed by atoms with E-state index in [0.717, 1.165) is 45.4 Å². The van der Waals surface area contributed by atoms with Gasteiger partial charge < -0.3 is 20.1 Å². The molecule has 2 N–H and O–H groups in total. The van der Waals surface area contributed by atoms with E-state index < -0.39 is 0 Å². The number of hydrogen-bond acceptors (Lipinski definition) is 5. The molecule has 3 rings (SSSR count). The first-order valence-corrected chi connectivity index (χ1v) is 8.56. The first-order valence-electron chi connectivity index (χ1n) is 8.56. The van der Waals surface area contributed by atoms with E-state index in [-0.39, 0.29) is 24.4 Å². The SMILES string of the molecule is Cl.O=C(NCCCOC1CCOC1)c1ccn(C2CCCNC2)n1. The molecule has 2 saturated heterocycles. The highest BCUT2D eigenvalue weighted by Crippen LogP contribution is 2.15. The highest BCUT2D eigenvalue weighted by atomic mass is 35.5. The predicted molar refractivity (Wildman–Crippen MR) is 92.7 cm³/mol. The lowest BCUT2D eigenvalue weighted by Crippen LogP contribution is -2.32. The van der Waals surface area contributed by atoms with Crippen molar-refractivity contribution in [2.45, 2.75) is 37.8 Å². The minimum atomic E-state index is -0.114. The van der Waals surface area contributed by atoms with E-state index in [1.165, 1.54) is 0 Å². The zero-order chi connectivity index (χ0) is 15.9. The molecule has 0 aromatic carbocycles. The Bertz CT molecular complexity index is 499. The van der Waals surface area contributed by atoms with Gasteiger partial charge in [0.25, 0.3) is 5.91 Å². The molecule has 3 heterocycles. The third-order valence-electron chi connectivity index (χ3n) is 4.33. The molecule has 0 bridgehead atoms. The lowest BCUT2D eigenvalue weighted by atomic mass is 10.1. The molecule has 1 amide bonds. The second-order valence-electron chi connectivity index (χ2n) is 6.15. The average Bonchev–Trinajstić information content (AvgIpc) is 3.27. The Kier molecular flexibility index (Phi) is 7.98. The average molecular weight is 359 g/mol. The lowest BCUT2D eigenvalue weighted by molar-refractivity contribution is 0.0415. The predicted octanol–water partition coefficient (Wildman–Crippen LogP) is 1.15. The van der Waals surface area contributed by atoms with Crippen LogP contribution < -0.4 is 10.6 Å². The summed E-state index contributed by atoms with van der Waals surface area (Å²) in [6, 6.07) is 2.14. The standard InChI is InChI=1S/C16H26N4O3.ClH/c21-16(18-7-2-9-23-14-5-10-22-12-14)15-4-8-20(19-15)13-3-1-6-17-11-13;/h4,8,13-14,17H,1-3,5-7,9-12H2,(H,18,21);1H. The number of nitrogens with one attached hydrogen (secondary N) is 2. The zero-order valence-electron chi connectivity index (χ0n) is 13.9. The van der Waals surface area contributed by atoms with Crippen molar-refractivity contribution in [3.05, 3.63) is 18.0 Å². The number of nitrogens with zero attached hydrogens (tertiary/aromatic N) is 2. The third-order valence-corrected chi connectivity index (χ3v) is 4.33. The van der Waals surface area contributed by atoms with Crippen LogP contribution in [0.1, 0.15) is 42.2 Å². The second-order valence-corrected chi connectivity index (χ2v) is 6.15. The number of amides is 1. The van der Waals surface area contributed by atoms with Gasteiger partial charge in [0.1, 0.15) is 5.69 Å². The molecule has 0 aliphatic carbocycles.